The van der Waals surface area contributed by atoms with Gasteiger partial charge in [-0.05, 0) is 60.5 Å². The topological polar surface area (TPSA) is 80.0 Å². The summed E-state index contributed by atoms with van der Waals surface area (Å²) in [6.45, 7) is 3.00. The van der Waals surface area contributed by atoms with E-state index < -0.39 is 0 Å². The van der Waals surface area contributed by atoms with Gasteiger partial charge in [-0.25, -0.2) is 4.39 Å². The second-order valence-electron chi connectivity index (χ2n) is 6.21. The second-order valence-corrected chi connectivity index (χ2v) is 6.21. The highest BCUT2D eigenvalue weighted by Crippen LogP contribution is 2.28. The van der Waals surface area contributed by atoms with Crippen molar-refractivity contribution < 1.29 is 13.7 Å². The highest BCUT2D eigenvalue weighted by molar-refractivity contribution is 5.88. The molecule has 1 aliphatic rings. The Kier molecular flexibility index (Phi) is 4.22. The Hall–Kier alpha value is -3.06. The zero-order valence-electron chi connectivity index (χ0n) is 14.2. The van der Waals surface area contributed by atoms with Crippen LogP contribution in [0.3, 0.4) is 0 Å². The molecule has 0 spiro atoms. The minimum atomic E-state index is -0.359. The number of nitrogens with zero attached hydrogens (tertiary/aromatic N) is 2. The Bertz CT molecular complexity index is 966. The van der Waals surface area contributed by atoms with Gasteiger partial charge in [-0.3, -0.25) is 4.79 Å². The number of hydrogen-bond acceptors (Lipinski definition) is 5. The van der Waals surface area contributed by atoms with Gasteiger partial charge in [0.25, 0.3) is 5.89 Å². The van der Waals surface area contributed by atoms with Crippen LogP contribution in [0.1, 0.15) is 18.1 Å². The minimum absolute atomic E-state index is 0.142. The smallest absolute Gasteiger partial charge is 0.261 e. The zero-order valence-corrected chi connectivity index (χ0v) is 14.2. The van der Waals surface area contributed by atoms with Crippen molar-refractivity contribution in [2.45, 2.75) is 19.9 Å². The molecule has 7 heteroatoms. The number of carbonyl (C=O) groups excluding carboxylic acids is 1. The maximum Gasteiger partial charge on any atom is 0.261 e. The predicted molar refractivity (Wildman–Crippen MR) is 94.8 cm³/mol. The molecule has 2 N–H and O–H groups in total. The summed E-state index contributed by atoms with van der Waals surface area (Å²) in [4.78, 5) is 15.4. The van der Waals surface area contributed by atoms with Gasteiger partial charge in [-0.2, -0.15) is 4.98 Å². The number of fused-ring (bicyclic) bond motifs is 1. The van der Waals surface area contributed by atoms with E-state index in [9.17, 15) is 9.18 Å². The van der Waals surface area contributed by atoms with Crippen LogP contribution in [0, 0.1) is 5.82 Å². The molecule has 6 nitrogen and oxygen atoms in total. The highest BCUT2D eigenvalue weighted by Gasteiger charge is 2.19. The Morgan fingerprint density at radius 1 is 1.23 bits per heavy atom. The van der Waals surface area contributed by atoms with Crippen molar-refractivity contribution in [1.82, 2.24) is 15.5 Å². The first-order valence-corrected chi connectivity index (χ1v) is 8.34. The molecule has 0 bridgehead atoms. The van der Waals surface area contributed by atoms with E-state index in [4.69, 9.17) is 4.52 Å². The van der Waals surface area contributed by atoms with E-state index in [2.05, 4.69) is 20.8 Å². The van der Waals surface area contributed by atoms with Crippen LogP contribution < -0.4 is 10.6 Å². The van der Waals surface area contributed by atoms with Gasteiger partial charge in [0.05, 0.1) is 5.56 Å². The van der Waals surface area contributed by atoms with Gasteiger partial charge in [0.2, 0.25) is 11.7 Å². The molecule has 0 fully saturated rings. The van der Waals surface area contributed by atoms with Gasteiger partial charge in [-0.1, -0.05) is 5.16 Å². The number of aromatic nitrogens is 2. The van der Waals surface area contributed by atoms with Crippen LogP contribution in [-0.4, -0.2) is 22.6 Å². The van der Waals surface area contributed by atoms with E-state index in [1.165, 1.54) is 6.92 Å². The summed E-state index contributed by atoms with van der Waals surface area (Å²) in [6, 6.07) is 10.4. The van der Waals surface area contributed by atoms with Gasteiger partial charge in [0, 0.05) is 24.7 Å². The Labute approximate surface area is 149 Å². The van der Waals surface area contributed by atoms with Gasteiger partial charge >= 0.3 is 0 Å². The van der Waals surface area contributed by atoms with Gasteiger partial charge in [-0.15, -0.1) is 0 Å². The fraction of sp³-hybridized carbons (Fsp3) is 0.211. The maximum absolute atomic E-state index is 14.5. The Morgan fingerprint density at radius 2 is 2.04 bits per heavy atom. The second kappa shape index (κ2) is 6.68. The largest absolute Gasteiger partial charge is 0.334 e. The highest BCUT2D eigenvalue weighted by atomic mass is 19.1. The molecular formula is C19H17FN4O2. The summed E-state index contributed by atoms with van der Waals surface area (Å²) < 4.78 is 19.7. The normalized spacial score (nSPS) is 13.3. The van der Waals surface area contributed by atoms with Crippen molar-refractivity contribution in [3.05, 3.63) is 53.3 Å². The van der Waals surface area contributed by atoms with Crippen molar-refractivity contribution >= 4 is 11.6 Å². The quantitative estimate of drug-likeness (QED) is 0.757. The average Bonchev–Trinajstić information content (AvgIpc) is 3.11. The number of nitrogens with one attached hydrogen (secondary N) is 2. The molecule has 2 heterocycles. The summed E-state index contributed by atoms with van der Waals surface area (Å²) >= 11 is 0. The van der Waals surface area contributed by atoms with E-state index in [-0.39, 0.29) is 17.6 Å². The van der Waals surface area contributed by atoms with Gasteiger partial charge in [0.1, 0.15) is 5.82 Å². The van der Waals surface area contributed by atoms with Crippen LogP contribution in [0.25, 0.3) is 22.8 Å². The van der Waals surface area contributed by atoms with Crippen LogP contribution in [0.5, 0.6) is 0 Å². The number of anilines is 1. The van der Waals surface area contributed by atoms with Crippen LogP contribution in [0.15, 0.2) is 40.9 Å². The van der Waals surface area contributed by atoms with Crippen LogP contribution in [-0.2, 0) is 17.8 Å². The lowest BCUT2D eigenvalue weighted by atomic mass is 9.98. The summed E-state index contributed by atoms with van der Waals surface area (Å²) in [7, 11) is 0. The van der Waals surface area contributed by atoms with Crippen LogP contribution in [0.2, 0.25) is 0 Å². The maximum atomic E-state index is 14.5. The number of rotatable bonds is 3. The molecule has 0 saturated carbocycles. The van der Waals surface area contributed by atoms with Gasteiger partial charge in [0.15, 0.2) is 0 Å². The van der Waals surface area contributed by atoms with Crippen molar-refractivity contribution in [1.29, 1.82) is 0 Å². The molecule has 3 aromatic rings. The Morgan fingerprint density at radius 3 is 2.81 bits per heavy atom. The summed E-state index contributed by atoms with van der Waals surface area (Å²) in [5.41, 5.74) is 3.76. The number of carbonyl (C=O) groups is 1. The number of hydrogen-bond donors (Lipinski definition) is 2. The van der Waals surface area contributed by atoms with E-state index in [0.29, 0.717) is 29.2 Å². The molecule has 4 rings (SSSR count). The lowest BCUT2D eigenvalue weighted by Gasteiger charge is -2.17. The molecule has 2 aromatic carbocycles. The molecule has 1 amide bonds. The third-order valence-electron chi connectivity index (χ3n) is 4.30. The SMILES string of the molecule is CC(=O)Nc1ccc(-c2noc(-c3cc4c(cc3F)CCNC4)n2)cc1. The molecule has 1 aromatic heterocycles. The van der Waals surface area contributed by atoms with Gasteiger partial charge < -0.3 is 15.2 Å². The fourth-order valence-electron chi connectivity index (χ4n) is 3.02. The molecule has 0 radical (unpaired) electrons. The third kappa shape index (κ3) is 3.21. The standard InChI is InChI=1S/C19H17FN4O2/c1-11(25)22-15-4-2-12(3-5-15)18-23-19(26-24-18)16-8-14-10-21-7-6-13(14)9-17(16)20/h2-5,8-9,21H,6-7,10H2,1H3,(H,22,25). The van der Waals surface area contributed by atoms with E-state index in [1.54, 1.807) is 36.4 Å². The van der Waals surface area contributed by atoms with Crippen molar-refractivity contribution in [3.8, 4) is 22.8 Å². The van der Waals surface area contributed by atoms with E-state index in [0.717, 1.165) is 24.1 Å². The lowest BCUT2D eigenvalue weighted by molar-refractivity contribution is -0.114. The molecule has 26 heavy (non-hydrogen) atoms. The number of amides is 1. The molecular weight excluding hydrogens is 335 g/mol. The molecule has 0 unspecified atom stereocenters. The fourth-order valence-corrected chi connectivity index (χ4v) is 3.02. The van der Waals surface area contributed by atoms with Crippen LogP contribution in [0.4, 0.5) is 10.1 Å². The average molecular weight is 352 g/mol. The number of benzene rings is 2. The monoisotopic (exact) mass is 352 g/mol. The van der Waals surface area contributed by atoms with Crippen molar-refractivity contribution in [3.63, 3.8) is 0 Å². The molecule has 1 aliphatic heterocycles. The molecule has 0 aliphatic carbocycles. The van der Waals surface area contributed by atoms with Crippen molar-refractivity contribution in [2.75, 3.05) is 11.9 Å². The first-order chi connectivity index (χ1) is 12.6. The molecule has 0 saturated heterocycles. The number of halogens is 1. The zero-order chi connectivity index (χ0) is 18.1. The van der Waals surface area contributed by atoms with Crippen LogP contribution >= 0.6 is 0 Å². The summed E-state index contributed by atoms with van der Waals surface area (Å²) in [6.07, 6.45) is 0.808. The predicted octanol–water partition coefficient (Wildman–Crippen LogP) is 3.15. The first-order valence-electron chi connectivity index (χ1n) is 8.34. The molecule has 132 valence electrons. The summed E-state index contributed by atoms with van der Waals surface area (Å²) in [5.74, 6) is 0.0141. The minimum Gasteiger partial charge on any atom is -0.334 e. The lowest BCUT2D eigenvalue weighted by Crippen LogP contribution is -2.23. The van der Waals surface area contributed by atoms with E-state index in [1.807, 2.05) is 0 Å². The Balaban J connectivity index is 1.63. The first kappa shape index (κ1) is 16.4. The van der Waals surface area contributed by atoms with Crippen molar-refractivity contribution in [2.24, 2.45) is 0 Å². The third-order valence-corrected chi connectivity index (χ3v) is 4.30. The summed E-state index contributed by atoms with van der Waals surface area (Å²) in [5, 5.41) is 9.91. The molecule has 0 atom stereocenters. The van der Waals surface area contributed by atoms with E-state index >= 15 is 0 Å².